The molecule has 1 aromatic carbocycles. The van der Waals surface area contributed by atoms with Gasteiger partial charge in [0, 0.05) is 7.05 Å². The van der Waals surface area contributed by atoms with Gasteiger partial charge in [0.25, 0.3) is 0 Å². The highest BCUT2D eigenvalue weighted by Gasteiger charge is 2.08. The van der Waals surface area contributed by atoms with E-state index in [4.69, 9.17) is 9.84 Å². The van der Waals surface area contributed by atoms with Crippen LogP contribution in [0, 0.1) is 6.92 Å². The first-order valence-corrected chi connectivity index (χ1v) is 4.93. The van der Waals surface area contributed by atoms with E-state index in [2.05, 4.69) is 10.1 Å². The highest BCUT2D eigenvalue weighted by molar-refractivity contribution is 5.88. The lowest BCUT2D eigenvalue weighted by Crippen LogP contribution is -1.98. The summed E-state index contributed by atoms with van der Waals surface area (Å²) >= 11 is 0. The van der Waals surface area contributed by atoms with E-state index in [0.717, 1.165) is 5.56 Å². The van der Waals surface area contributed by atoms with Crippen molar-refractivity contribution in [2.75, 3.05) is 0 Å². The van der Waals surface area contributed by atoms with Gasteiger partial charge in [0.1, 0.15) is 12.1 Å². The van der Waals surface area contributed by atoms with Crippen LogP contribution in [0.1, 0.15) is 15.9 Å². The van der Waals surface area contributed by atoms with Gasteiger partial charge in [-0.2, -0.15) is 4.98 Å². The van der Waals surface area contributed by atoms with Crippen LogP contribution >= 0.6 is 0 Å². The molecule has 17 heavy (non-hydrogen) atoms. The van der Waals surface area contributed by atoms with Crippen LogP contribution in [0.15, 0.2) is 24.5 Å². The molecule has 0 unspecified atom stereocenters. The van der Waals surface area contributed by atoms with Crippen LogP contribution in [0.25, 0.3) is 0 Å². The molecular formula is C11H11N3O3. The van der Waals surface area contributed by atoms with E-state index < -0.39 is 5.97 Å². The fourth-order valence-corrected chi connectivity index (χ4v) is 1.36. The van der Waals surface area contributed by atoms with E-state index in [9.17, 15) is 4.79 Å². The van der Waals surface area contributed by atoms with Crippen LogP contribution in [0.2, 0.25) is 0 Å². The normalized spacial score (nSPS) is 10.2. The van der Waals surface area contributed by atoms with E-state index in [1.807, 2.05) is 0 Å². The first kappa shape index (κ1) is 11.1. The van der Waals surface area contributed by atoms with Crippen molar-refractivity contribution in [3.8, 4) is 11.8 Å². The van der Waals surface area contributed by atoms with Crippen molar-refractivity contribution in [1.82, 2.24) is 14.8 Å². The van der Waals surface area contributed by atoms with Crippen LogP contribution in [-0.2, 0) is 7.05 Å². The van der Waals surface area contributed by atoms with Crippen molar-refractivity contribution in [2.24, 2.45) is 7.05 Å². The Morgan fingerprint density at radius 3 is 2.76 bits per heavy atom. The SMILES string of the molecule is Cc1cc(C(=O)O)ccc1Oc1ncn(C)n1. The second-order valence-electron chi connectivity index (χ2n) is 3.59. The lowest BCUT2D eigenvalue weighted by molar-refractivity contribution is 0.0697. The fraction of sp³-hybridized carbons (Fsp3) is 0.182. The third kappa shape index (κ3) is 2.41. The number of carboxylic acid groups (broad SMARTS) is 1. The monoisotopic (exact) mass is 233 g/mol. The maximum atomic E-state index is 10.8. The molecule has 6 nitrogen and oxygen atoms in total. The average Bonchev–Trinajstić information content (AvgIpc) is 2.67. The molecule has 0 atom stereocenters. The van der Waals surface area contributed by atoms with Crippen molar-refractivity contribution < 1.29 is 14.6 Å². The summed E-state index contributed by atoms with van der Waals surface area (Å²) in [5.74, 6) is -0.420. The Labute approximate surface area is 97.5 Å². The van der Waals surface area contributed by atoms with Crippen molar-refractivity contribution in [1.29, 1.82) is 0 Å². The Hall–Kier alpha value is -2.37. The Morgan fingerprint density at radius 2 is 2.24 bits per heavy atom. The molecule has 88 valence electrons. The van der Waals surface area contributed by atoms with E-state index in [1.165, 1.54) is 17.1 Å². The molecule has 0 saturated carbocycles. The zero-order valence-electron chi connectivity index (χ0n) is 9.41. The average molecular weight is 233 g/mol. The largest absolute Gasteiger partial charge is 0.478 e. The highest BCUT2D eigenvalue weighted by Crippen LogP contribution is 2.23. The molecule has 0 saturated heterocycles. The number of aromatic nitrogens is 3. The summed E-state index contributed by atoms with van der Waals surface area (Å²) in [5, 5.41) is 12.8. The molecule has 0 aliphatic rings. The van der Waals surface area contributed by atoms with Crippen molar-refractivity contribution >= 4 is 5.97 Å². The summed E-state index contributed by atoms with van der Waals surface area (Å²) in [6.45, 7) is 1.77. The number of aromatic carboxylic acids is 1. The minimum atomic E-state index is -0.962. The van der Waals surface area contributed by atoms with Crippen LogP contribution < -0.4 is 4.74 Å². The van der Waals surface area contributed by atoms with Crippen molar-refractivity contribution in [3.05, 3.63) is 35.7 Å². The van der Waals surface area contributed by atoms with Crippen molar-refractivity contribution in [3.63, 3.8) is 0 Å². The van der Waals surface area contributed by atoms with Crippen LogP contribution in [0.5, 0.6) is 11.8 Å². The molecule has 1 N–H and O–H groups in total. The number of nitrogens with zero attached hydrogens (tertiary/aromatic N) is 3. The third-order valence-corrected chi connectivity index (χ3v) is 2.20. The Kier molecular flexibility index (Phi) is 2.78. The summed E-state index contributed by atoms with van der Waals surface area (Å²) in [5.41, 5.74) is 0.946. The molecule has 0 fully saturated rings. The first-order valence-electron chi connectivity index (χ1n) is 4.93. The van der Waals surface area contributed by atoms with E-state index in [1.54, 1.807) is 26.1 Å². The topological polar surface area (TPSA) is 77.2 Å². The standard InChI is InChI=1S/C11H11N3O3/c1-7-5-8(10(15)16)3-4-9(7)17-11-12-6-14(2)13-11/h3-6H,1-2H3,(H,15,16). The number of benzene rings is 1. The zero-order chi connectivity index (χ0) is 12.4. The predicted octanol–water partition coefficient (Wildman–Crippen LogP) is 1.61. The minimum absolute atomic E-state index is 0.226. The van der Waals surface area contributed by atoms with Gasteiger partial charge in [-0.15, -0.1) is 5.10 Å². The lowest BCUT2D eigenvalue weighted by atomic mass is 10.1. The number of carbonyl (C=O) groups is 1. The molecule has 1 aromatic heterocycles. The Morgan fingerprint density at radius 1 is 1.47 bits per heavy atom. The molecule has 0 bridgehead atoms. The van der Waals surface area contributed by atoms with Crippen LogP contribution in [0.4, 0.5) is 0 Å². The molecular weight excluding hydrogens is 222 g/mol. The summed E-state index contributed by atoms with van der Waals surface area (Å²) < 4.78 is 6.95. The van der Waals surface area contributed by atoms with Gasteiger partial charge < -0.3 is 9.84 Å². The van der Waals surface area contributed by atoms with Gasteiger partial charge in [-0.05, 0) is 30.7 Å². The van der Waals surface area contributed by atoms with Gasteiger partial charge in [-0.25, -0.2) is 4.79 Å². The number of rotatable bonds is 3. The highest BCUT2D eigenvalue weighted by atomic mass is 16.5. The van der Waals surface area contributed by atoms with Gasteiger partial charge in [0.15, 0.2) is 0 Å². The fourth-order valence-electron chi connectivity index (χ4n) is 1.36. The maximum absolute atomic E-state index is 10.8. The number of aryl methyl sites for hydroxylation is 2. The molecule has 0 spiro atoms. The van der Waals surface area contributed by atoms with Gasteiger partial charge in [-0.3, -0.25) is 4.68 Å². The second kappa shape index (κ2) is 4.25. The van der Waals surface area contributed by atoms with Crippen LogP contribution in [0.3, 0.4) is 0 Å². The lowest BCUT2D eigenvalue weighted by Gasteiger charge is -2.05. The number of hydrogen-bond donors (Lipinski definition) is 1. The molecule has 1 heterocycles. The van der Waals surface area contributed by atoms with Gasteiger partial charge in [0.05, 0.1) is 5.56 Å². The predicted molar refractivity (Wildman–Crippen MR) is 59.2 cm³/mol. The molecule has 0 aliphatic heterocycles. The molecule has 2 aromatic rings. The first-order chi connectivity index (χ1) is 8.06. The molecule has 0 aliphatic carbocycles. The number of hydrogen-bond acceptors (Lipinski definition) is 4. The smallest absolute Gasteiger partial charge is 0.340 e. The minimum Gasteiger partial charge on any atom is -0.478 e. The maximum Gasteiger partial charge on any atom is 0.340 e. The van der Waals surface area contributed by atoms with Crippen molar-refractivity contribution in [2.45, 2.75) is 6.92 Å². The van der Waals surface area contributed by atoms with Gasteiger partial charge in [0.2, 0.25) is 0 Å². The quantitative estimate of drug-likeness (QED) is 0.871. The molecule has 0 amide bonds. The number of ether oxygens (including phenoxy) is 1. The molecule has 2 rings (SSSR count). The summed E-state index contributed by atoms with van der Waals surface area (Å²) in [4.78, 5) is 14.7. The zero-order valence-corrected chi connectivity index (χ0v) is 9.41. The Bertz CT molecular complexity index is 563. The molecule has 6 heteroatoms. The summed E-state index contributed by atoms with van der Waals surface area (Å²) in [6.07, 6.45) is 1.52. The molecule has 0 radical (unpaired) electrons. The summed E-state index contributed by atoms with van der Waals surface area (Å²) in [6, 6.07) is 4.85. The van der Waals surface area contributed by atoms with E-state index in [0.29, 0.717) is 5.75 Å². The third-order valence-electron chi connectivity index (χ3n) is 2.20. The Balaban J connectivity index is 2.25. The van der Waals surface area contributed by atoms with Crippen LogP contribution in [-0.4, -0.2) is 25.8 Å². The van der Waals surface area contributed by atoms with Gasteiger partial charge >= 0.3 is 12.0 Å². The van der Waals surface area contributed by atoms with E-state index >= 15 is 0 Å². The second-order valence-corrected chi connectivity index (χ2v) is 3.59. The van der Waals surface area contributed by atoms with E-state index in [-0.39, 0.29) is 11.6 Å². The van der Waals surface area contributed by atoms with Gasteiger partial charge in [-0.1, -0.05) is 0 Å². The number of carboxylic acids is 1. The summed E-state index contributed by atoms with van der Waals surface area (Å²) in [7, 11) is 1.74.